The molecule has 1 saturated carbocycles. The van der Waals surface area contributed by atoms with Gasteiger partial charge in [0.15, 0.2) is 0 Å². The molecular formula is C22H30N4O3Si. The highest BCUT2D eigenvalue weighted by Gasteiger charge is 2.41. The normalized spacial score (nSPS) is 19.9. The number of anilines is 1. The second-order valence-corrected chi connectivity index (χ2v) is 14.6. The van der Waals surface area contributed by atoms with Crippen molar-refractivity contribution in [3.63, 3.8) is 0 Å². The van der Waals surface area contributed by atoms with Crippen LogP contribution in [0.1, 0.15) is 46.6 Å². The van der Waals surface area contributed by atoms with Gasteiger partial charge >= 0.3 is 0 Å². The zero-order valence-electron chi connectivity index (χ0n) is 18.5. The number of nitrogens with zero attached hydrogens (tertiary/aromatic N) is 4. The Morgan fingerprint density at radius 1 is 1.27 bits per heavy atom. The van der Waals surface area contributed by atoms with Gasteiger partial charge in [-0.2, -0.15) is 5.10 Å². The molecule has 7 nitrogen and oxygen atoms in total. The number of nitro groups is 1. The lowest BCUT2D eigenvalue weighted by Crippen LogP contribution is -2.44. The molecule has 1 atom stereocenters. The van der Waals surface area contributed by atoms with E-state index in [-0.39, 0.29) is 21.7 Å². The Hall–Kier alpha value is -2.61. The molecule has 160 valence electrons. The van der Waals surface area contributed by atoms with Crippen LogP contribution in [0, 0.1) is 10.1 Å². The number of hydrogen-bond acceptors (Lipinski definition) is 5. The van der Waals surface area contributed by atoms with Gasteiger partial charge in [0, 0.05) is 17.7 Å². The van der Waals surface area contributed by atoms with Gasteiger partial charge in [-0.3, -0.25) is 14.8 Å². The van der Waals surface area contributed by atoms with Gasteiger partial charge < -0.3 is 9.33 Å². The Morgan fingerprint density at radius 2 is 1.97 bits per heavy atom. The van der Waals surface area contributed by atoms with E-state index in [0.717, 1.165) is 29.5 Å². The van der Waals surface area contributed by atoms with E-state index in [0.29, 0.717) is 11.7 Å². The Morgan fingerprint density at radius 3 is 2.57 bits per heavy atom. The van der Waals surface area contributed by atoms with Gasteiger partial charge in [0.2, 0.25) is 8.32 Å². The minimum absolute atomic E-state index is 0.0713. The smallest absolute Gasteiger partial charge is 0.295 e. The molecule has 1 aliphatic heterocycles. The van der Waals surface area contributed by atoms with Crippen LogP contribution >= 0.6 is 0 Å². The number of aromatic nitrogens is 2. The molecule has 0 radical (unpaired) electrons. The Labute approximate surface area is 178 Å². The second-order valence-electron chi connectivity index (χ2n) is 9.83. The molecule has 1 aliphatic carbocycles. The first-order valence-electron chi connectivity index (χ1n) is 10.5. The maximum atomic E-state index is 12.0. The first-order valence-corrected chi connectivity index (χ1v) is 13.4. The lowest BCUT2D eigenvalue weighted by Gasteiger charge is -2.41. The average molecular weight is 427 g/mol. The van der Waals surface area contributed by atoms with E-state index in [1.807, 2.05) is 47.1 Å². The maximum absolute atomic E-state index is 12.0. The summed E-state index contributed by atoms with van der Waals surface area (Å²) >= 11 is 0. The number of benzene rings is 1. The van der Waals surface area contributed by atoms with E-state index >= 15 is 0 Å². The van der Waals surface area contributed by atoms with E-state index in [1.54, 1.807) is 6.07 Å². The Kier molecular flexibility index (Phi) is 4.80. The van der Waals surface area contributed by atoms with Crippen LogP contribution in [0.3, 0.4) is 0 Å². The summed E-state index contributed by atoms with van der Waals surface area (Å²) in [5.41, 5.74) is 1.49. The summed E-state index contributed by atoms with van der Waals surface area (Å²) in [7, 11) is -2.02. The van der Waals surface area contributed by atoms with Crippen molar-refractivity contribution in [2.75, 3.05) is 4.90 Å². The maximum Gasteiger partial charge on any atom is 0.295 e. The van der Waals surface area contributed by atoms with Gasteiger partial charge in [-0.05, 0) is 56.1 Å². The molecule has 4 rings (SSSR count). The van der Waals surface area contributed by atoms with Crippen LogP contribution in [0.4, 0.5) is 11.4 Å². The van der Waals surface area contributed by atoms with E-state index in [9.17, 15) is 10.1 Å². The monoisotopic (exact) mass is 426 g/mol. The standard InChI is InChI=1S/C22H30N4O3Si/c1-15-21(29-30(5,6)22(2,3)4)8-7-11-24(15)19-12-16-14-23-25(17-9-10-17)18(16)13-20(19)26(27)28/h7-8,11-15,17H,9-10H2,1-6H3/t15-/m0/s1. The van der Waals surface area contributed by atoms with E-state index in [4.69, 9.17) is 4.43 Å². The van der Waals surface area contributed by atoms with Crippen LogP contribution < -0.4 is 4.90 Å². The average Bonchev–Trinajstić information content (AvgIpc) is 3.41. The zero-order valence-corrected chi connectivity index (χ0v) is 19.5. The molecule has 30 heavy (non-hydrogen) atoms. The second kappa shape index (κ2) is 6.97. The molecule has 0 spiro atoms. The van der Waals surface area contributed by atoms with Gasteiger partial charge in [0.25, 0.3) is 5.69 Å². The summed E-state index contributed by atoms with van der Waals surface area (Å²) in [6.07, 6.45) is 9.75. The van der Waals surface area contributed by atoms with Gasteiger partial charge in [0.05, 0.1) is 28.7 Å². The van der Waals surface area contributed by atoms with Crippen molar-refractivity contribution in [1.82, 2.24) is 9.78 Å². The molecule has 2 aromatic rings. The van der Waals surface area contributed by atoms with Crippen molar-refractivity contribution in [2.24, 2.45) is 0 Å². The number of allylic oxidation sites excluding steroid dienone is 2. The third kappa shape index (κ3) is 3.53. The quantitative estimate of drug-likeness (QED) is 0.338. The van der Waals surface area contributed by atoms with Crippen molar-refractivity contribution >= 4 is 30.6 Å². The van der Waals surface area contributed by atoms with Crippen LogP contribution in [0.25, 0.3) is 10.9 Å². The van der Waals surface area contributed by atoms with Gasteiger partial charge in [-0.15, -0.1) is 0 Å². The van der Waals surface area contributed by atoms with E-state index in [1.165, 1.54) is 0 Å². The van der Waals surface area contributed by atoms with Crippen LogP contribution in [0.15, 0.2) is 42.4 Å². The lowest BCUT2D eigenvalue weighted by molar-refractivity contribution is -0.384. The molecular weight excluding hydrogens is 396 g/mol. The topological polar surface area (TPSA) is 73.4 Å². The summed E-state index contributed by atoms with van der Waals surface area (Å²) in [5.74, 6) is 0.854. The molecule has 0 bridgehead atoms. The van der Waals surface area contributed by atoms with Crippen molar-refractivity contribution in [2.45, 2.75) is 70.8 Å². The number of hydrogen-bond donors (Lipinski definition) is 0. The van der Waals surface area contributed by atoms with E-state index < -0.39 is 8.32 Å². The molecule has 0 N–H and O–H groups in total. The number of rotatable bonds is 5. The Balaban J connectivity index is 1.71. The molecule has 8 heteroatoms. The van der Waals surface area contributed by atoms with E-state index in [2.05, 4.69) is 39.0 Å². The number of fused-ring (bicyclic) bond motifs is 1. The fourth-order valence-electron chi connectivity index (χ4n) is 3.53. The Bertz CT molecular complexity index is 1060. The molecule has 2 heterocycles. The minimum atomic E-state index is -2.02. The van der Waals surface area contributed by atoms with Crippen molar-refractivity contribution in [1.29, 1.82) is 0 Å². The SMILES string of the molecule is C[C@H]1C(O[Si](C)(C)C(C)(C)C)=CC=CN1c1cc2cnn(C3CC3)c2cc1[N+](=O)[O-]. The summed E-state index contributed by atoms with van der Waals surface area (Å²) in [4.78, 5) is 13.6. The largest absolute Gasteiger partial charge is 0.545 e. The first-order chi connectivity index (χ1) is 14.0. The van der Waals surface area contributed by atoms with Crippen LogP contribution in [0.2, 0.25) is 18.1 Å². The molecule has 0 unspecified atom stereocenters. The van der Waals surface area contributed by atoms with Gasteiger partial charge in [-0.25, -0.2) is 0 Å². The molecule has 1 aromatic heterocycles. The molecule has 0 amide bonds. The fourth-order valence-corrected chi connectivity index (χ4v) is 4.66. The third-order valence-electron chi connectivity index (χ3n) is 6.57. The summed E-state index contributed by atoms with van der Waals surface area (Å²) < 4.78 is 8.48. The van der Waals surface area contributed by atoms with Crippen LogP contribution in [0.5, 0.6) is 0 Å². The molecule has 1 aromatic carbocycles. The summed E-state index contributed by atoms with van der Waals surface area (Å²) in [5, 5.41) is 17.4. The fraction of sp³-hybridized carbons (Fsp3) is 0.500. The van der Waals surface area contributed by atoms with Gasteiger partial charge in [0.1, 0.15) is 11.4 Å². The third-order valence-corrected chi connectivity index (χ3v) is 10.9. The van der Waals surface area contributed by atoms with Crippen LogP contribution in [-0.4, -0.2) is 29.1 Å². The number of nitro benzene ring substituents is 1. The van der Waals surface area contributed by atoms with Crippen molar-refractivity contribution < 1.29 is 9.35 Å². The molecule has 0 saturated heterocycles. The predicted octanol–water partition coefficient (Wildman–Crippen LogP) is 5.91. The van der Waals surface area contributed by atoms with Crippen LogP contribution in [-0.2, 0) is 4.43 Å². The molecule has 1 fully saturated rings. The summed E-state index contributed by atoms with van der Waals surface area (Å²) in [6, 6.07) is 3.78. The van der Waals surface area contributed by atoms with Crippen molar-refractivity contribution in [3.8, 4) is 0 Å². The molecule has 2 aliphatic rings. The van der Waals surface area contributed by atoms with Crippen molar-refractivity contribution in [3.05, 3.63) is 52.6 Å². The first kappa shape index (κ1) is 20.7. The zero-order chi connectivity index (χ0) is 21.8. The minimum Gasteiger partial charge on any atom is -0.545 e. The highest BCUT2D eigenvalue weighted by Crippen LogP contribution is 2.42. The highest BCUT2D eigenvalue weighted by molar-refractivity contribution is 6.74. The predicted molar refractivity (Wildman–Crippen MR) is 122 cm³/mol. The highest BCUT2D eigenvalue weighted by atomic mass is 28.4. The summed E-state index contributed by atoms with van der Waals surface area (Å²) in [6.45, 7) is 13.1. The lowest BCUT2D eigenvalue weighted by atomic mass is 10.1. The van der Waals surface area contributed by atoms with Gasteiger partial charge in [-0.1, -0.05) is 20.8 Å².